The first-order chi connectivity index (χ1) is 11.0. The molecule has 2 rings (SSSR count). The lowest BCUT2D eigenvalue weighted by atomic mass is 10.0. The first-order valence-electron chi connectivity index (χ1n) is 7.95. The van der Waals surface area contributed by atoms with Crippen molar-refractivity contribution in [3.8, 4) is 5.75 Å². The lowest BCUT2D eigenvalue weighted by molar-refractivity contribution is 0.0692. The molecule has 0 unspecified atom stereocenters. The molecule has 126 valence electrons. The van der Waals surface area contributed by atoms with Gasteiger partial charge in [0.15, 0.2) is 5.78 Å². The van der Waals surface area contributed by atoms with Crippen molar-refractivity contribution in [2.45, 2.75) is 13.3 Å². The molecular weight excluding hydrogens is 296 g/mol. The van der Waals surface area contributed by atoms with Crippen LogP contribution in [0.4, 0.5) is 0 Å². The molecule has 1 aromatic carbocycles. The molecule has 0 atom stereocenters. The quantitative estimate of drug-likeness (QED) is 0.770. The molecule has 1 fully saturated rings. The van der Waals surface area contributed by atoms with Crippen LogP contribution in [0.5, 0.6) is 5.75 Å². The first-order valence-corrected chi connectivity index (χ1v) is 7.95. The van der Waals surface area contributed by atoms with Crippen molar-refractivity contribution in [3.05, 3.63) is 29.3 Å². The summed E-state index contributed by atoms with van der Waals surface area (Å²) in [5, 5.41) is 9.25. The van der Waals surface area contributed by atoms with Crippen LogP contribution in [0.1, 0.15) is 34.1 Å². The average Bonchev–Trinajstić information content (AvgIpc) is 2.54. The average molecular weight is 320 g/mol. The van der Waals surface area contributed by atoms with Gasteiger partial charge in [-0.3, -0.25) is 4.79 Å². The van der Waals surface area contributed by atoms with E-state index in [1.807, 2.05) is 0 Å². The largest absolute Gasteiger partial charge is 0.493 e. The predicted octanol–water partition coefficient (Wildman–Crippen LogP) is 1.60. The van der Waals surface area contributed by atoms with E-state index in [0.29, 0.717) is 30.9 Å². The number of ketones is 1. The lowest BCUT2D eigenvalue weighted by Crippen LogP contribution is -2.45. The topological polar surface area (TPSA) is 70.1 Å². The van der Waals surface area contributed by atoms with E-state index in [1.165, 1.54) is 6.07 Å². The van der Waals surface area contributed by atoms with Gasteiger partial charge >= 0.3 is 5.97 Å². The van der Waals surface area contributed by atoms with Crippen molar-refractivity contribution in [2.75, 3.05) is 46.4 Å². The van der Waals surface area contributed by atoms with Crippen LogP contribution in [0.25, 0.3) is 0 Å². The highest BCUT2D eigenvalue weighted by Gasteiger charge is 2.18. The first kappa shape index (κ1) is 17.4. The fourth-order valence-corrected chi connectivity index (χ4v) is 2.63. The van der Waals surface area contributed by atoms with Crippen LogP contribution >= 0.6 is 0 Å². The molecule has 0 bridgehead atoms. The maximum Gasteiger partial charge on any atom is 0.339 e. The normalized spacial score (nSPS) is 16.3. The van der Waals surface area contributed by atoms with Crippen LogP contribution in [0.3, 0.4) is 0 Å². The maximum atomic E-state index is 12.3. The number of likely N-dealkylation sites (N-methyl/N-ethyl adjacent to an activating group) is 1. The predicted molar refractivity (Wildman–Crippen MR) is 87.5 cm³/mol. The highest BCUT2D eigenvalue weighted by molar-refractivity contribution is 6.00. The second-order valence-corrected chi connectivity index (χ2v) is 5.77. The molecule has 1 heterocycles. The number of hydrogen-bond donors (Lipinski definition) is 1. The zero-order chi connectivity index (χ0) is 16.8. The van der Waals surface area contributed by atoms with Crippen LogP contribution in [0.2, 0.25) is 0 Å². The van der Waals surface area contributed by atoms with Crippen molar-refractivity contribution in [1.82, 2.24) is 9.80 Å². The Bertz CT molecular complexity index is 566. The summed E-state index contributed by atoms with van der Waals surface area (Å²) in [5.74, 6) is -0.813. The number of aromatic carboxylic acids is 1. The number of Topliss-reactive ketones (excluding diaryl/α,β-unsaturated/α-hetero) is 1. The monoisotopic (exact) mass is 320 g/mol. The SMILES string of the molecule is CCOc1ccc(C(=O)CCN2CCN(C)CC2)cc1C(=O)O. The minimum Gasteiger partial charge on any atom is -0.493 e. The molecule has 0 spiro atoms. The summed E-state index contributed by atoms with van der Waals surface area (Å²) in [6.07, 6.45) is 0.400. The molecule has 1 aromatic rings. The summed E-state index contributed by atoms with van der Waals surface area (Å²) in [6.45, 7) is 6.85. The van der Waals surface area contributed by atoms with Gasteiger partial charge in [0.05, 0.1) is 6.61 Å². The van der Waals surface area contributed by atoms with E-state index in [2.05, 4.69) is 16.8 Å². The Labute approximate surface area is 136 Å². The Hall–Kier alpha value is -1.92. The number of hydrogen-bond acceptors (Lipinski definition) is 5. The Morgan fingerprint density at radius 3 is 2.52 bits per heavy atom. The molecule has 0 aromatic heterocycles. The van der Waals surface area contributed by atoms with E-state index >= 15 is 0 Å². The molecule has 1 aliphatic rings. The number of carboxylic acid groups (broad SMARTS) is 1. The highest BCUT2D eigenvalue weighted by Crippen LogP contribution is 2.21. The third-order valence-electron chi connectivity index (χ3n) is 4.08. The molecule has 1 aliphatic heterocycles. The van der Waals surface area contributed by atoms with Crippen molar-refractivity contribution in [3.63, 3.8) is 0 Å². The van der Waals surface area contributed by atoms with Crippen molar-refractivity contribution < 1.29 is 19.4 Å². The summed E-state index contributed by atoms with van der Waals surface area (Å²) >= 11 is 0. The minimum absolute atomic E-state index is 0.0329. The molecule has 6 heteroatoms. The minimum atomic E-state index is -1.08. The van der Waals surface area contributed by atoms with Crippen molar-refractivity contribution in [2.24, 2.45) is 0 Å². The Balaban J connectivity index is 1.99. The van der Waals surface area contributed by atoms with Gasteiger partial charge in [0.1, 0.15) is 11.3 Å². The van der Waals surface area contributed by atoms with Gasteiger partial charge in [-0.05, 0) is 32.2 Å². The molecule has 1 N–H and O–H groups in total. The smallest absolute Gasteiger partial charge is 0.339 e. The molecule has 0 saturated carbocycles. The fraction of sp³-hybridized carbons (Fsp3) is 0.529. The van der Waals surface area contributed by atoms with E-state index in [0.717, 1.165) is 26.2 Å². The molecule has 23 heavy (non-hydrogen) atoms. The zero-order valence-electron chi connectivity index (χ0n) is 13.7. The Morgan fingerprint density at radius 1 is 1.22 bits per heavy atom. The number of benzene rings is 1. The Kier molecular flexibility index (Phi) is 6.12. The molecule has 0 aliphatic carbocycles. The van der Waals surface area contributed by atoms with Gasteiger partial charge in [-0.15, -0.1) is 0 Å². The summed E-state index contributed by atoms with van der Waals surface area (Å²) in [6, 6.07) is 4.62. The van der Waals surface area contributed by atoms with E-state index in [-0.39, 0.29) is 11.3 Å². The highest BCUT2D eigenvalue weighted by atomic mass is 16.5. The second-order valence-electron chi connectivity index (χ2n) is 5.77. The standard InChI is InChI=1S/C17H24N2O4/c1-3-23-16-5-4-13(12-14(16)17(21)22)15(20)6-7-19-10-8-18(2)9-11-19/h4-5,12H,3,6-11H2,1-2H3,(H,21,22). The van der Waals surface area contributed by atoms with Crippen molar-refractivity contribution >= 4 is 11.8 Å². The summed E-state index contributed by atoms with van der Waals surface area (Å²) in [7, 11) is 2.09. The Morgan fingerprint density at radius 2 is 1.91 bits per heavy atom. The molecule has 0 radical (unpaired) electrons. The van der Waals surface area contributed by atoms with Gasteiger partial charge in [-0.25, -0.2) is 4.79 Å². The van der Waals surface area contributed by atoms with E-state index in [9.17, 15) is 14.7 Å². The van der Waals surface area contributed by atoms with Crippen LogP contribution in [0.15, 0.2) is 18.2 Å². The van der Waals surface area contributed by atoms with Gasteiger partial charge in [-0.1, -0.05) is 0 Å². The summed E-state index contributed by atoms with van der Waals surface area (Å²) in [5.41, 5.74) is 0.470. The fourth-order valence-electron chi connectivity index (χ4n) is 2.63. The number of carbonyl (C=O) groups excluding carboxylic acids is 1. The third kappa shape index (κ3) is 4.77. The van der Waals surface area contributed by atoms with Crippen LogP contribution in [-0.2, 0) is 0 Å². The lowest BCUT2D eigenvalue weighted by Gasteiger charge is -2.32. The number of piperazine rings is 1. The number of rotatable bonds is 7. The van der Waals surface area contributed by atoms with E-state index in [1.54, 1.807) is 19.1 Å². The maximum absolute atomic E-state index is 12.3. The van der Waals surface area contributed by atoms with Crippen LogP contribution in [-0.4, -0.2) is 73.0 Å². The van der Waals surface area contributed by atoms with Gasteiger partial charge in [-0.2, -0.15) is 0 Å². The van der Waals surface area contributed by atoms with Gasteiger partial charge < -0.3 is 19.6 Å². The third-order valence-corrected chi connectivity index (χ3v) is 4.08. The van der Waals surface area contributed by atoms with Gasteiger partial charge in [0.25, 0.3) is 0 Å². The molecule has 1 saturated heterocycles. The number of nitrogens with zero attached hydrogens (tertiary/aromatic N) is 2. The summed E-state index contributed by atoms with van der Waals surface area (Å²) < 4.78 is 5.29. The summed E-state index contributed by atoms with van der Waals surface area (Å²) in [4.78, 5) is 28.2. The second kappa shape index (κ2) is 8.08. The molecule has 6 nitrogen and oxygen atoms in total. The van der Waals surface area contributed by atoms with Crippen molar-refractivity contribution in [1.29, 1.82) is 0 Å². The molecule has 0 amide bonds. The van der Waals surface area contributed by atoms with Crippen LogP contribution in [0, 0.1) is 0 Å². The van der Waals surface area contributed by atoms with Gasteiger partial charge in [0, 0.05) is 44.7 Å². The van der Waals surface area contributed by atoms with Crippen LogP contribution < -0.4 is 4.74 Å². The van der Waals surface area contributed by atoms with E-state index in [4.69, 9.17) is 4.74 Å². The number of ether oxygens (including phenoxy) is 1. The molecular formula is C17H24N2O4. The van der Waals surface area contributed by atoms with E-state index < -0.39 is 5.97 Å². The number of carbonyl (C=O) groups is 2. The van der Waals surface area contributed by atoms with Gasteiger partial charge in [0.2, 0.25) is 0 Å². The number of carboxylic acids is 1. The zero-order valence-corrected chi connectivity index (χ0v) is 13.7.